The lowest BCUT2D eigenvalue weighted by Crippen LogP contribution is -2.28. The first-order valence-corrected chi connectivity index (χ1v) is 4.59. The maximum Gasteiger partial charge on any atom is 0.00730 e. The van der Waals surface area contributed by atoms with Crippen molar-refractivity contribution in [3.8, 4) is 0 Å². The van der Waals surface area contributed by atoms with Crippen LogP contribution in [0.4, 0.5) is 0 Å². The highest BCUT2D eigenvalue weighted by Gasteiger charge is 2.36. The molecular formula is C9H19N. The third-order valence-electron chi connectivity index (χ3n) is 2.72. The van der Waals surface area contributed by atoms with E-state index in [1.807, 2.05) is 13.8 Å². The number of rotatable bonds is 0. The molecule has 2 rings (SSSR count). The van der Waals surface area contributed by atoms with E-state index in [0.29, 0.717) is 0 Å². The second-order valence-corrected chi connectivity index (χ2v) is 3.31. The van der Waals surface area contributed by atoms with Crippen molar-refractivity contribution in [2.24, 2.45) is 11.8 Å². The van der Waals surface area contributed by atoms with Crippen LogP contribution in [-0.4, -0.2) is 12.6 Å². The minimum Gasteiger partial charge on any atom is -0.314 e. The normalized spacial score (nSPS) is 42.9. The van der Waals surface area contributed by atoms with E-state index in [9.17, 15) is 0 Å². The van der Waals surface area contributed by atoms with E-state index in [1.54, 1.807) is 0 Å². The maximum absolute atomic E-state index is 3.49. The number of hydrogen-bond donors (Lipinski definition) is 1. The monoisotopic (exact) mass is 141 g/mol. The first-order valence-electron chi connectivity index (χ1n) is 4.59. The largest absolute Gasteiger partial charge is 0.314 e. The highest BCUT2D eigenvalue weighted by molar-refractivity contribution is 4.92. The van der Waals surface area contributed by atoms with Crippen LogP contribution in [0.3, 0.4) is 0 Å². The number of piperidine rings is 1. The summed E-state index contributed by atoms with van der Waals surface area (Å²) in [4.78, 5) is 0. The topological polar surface area (TPSA) is 12.0 Å². The van der Waals surface area contributed by atoms with E-state index in [0.717, 1.165) is 17.9 Å². The van der Waals surface area contributed by atoms with Crippen molar-refractivity contribution in [2.75, 3.05) is 6.54 Å². The molecule has 0 amide bonds. The van der Waals surface area contributed by atoms with E-state index in [-0.39, 0.29) is 0 Å². The molecule has 0 aromatic carbocycles. The summed E-state index contributed by atoms with van der Waals surface area (Å²) in [5.41, 5.74) is 0. The molecule has 0 aromatic rings. The first kappa shape index (κ1) is 8.06. The Labute approximate surface area is 64.2 Å². The van der Waals surface area contributed by atoms with Gasteiger partial charge in [0, 0.05) is 6.04 Å². The fourth-order valence-electron chi connectivity index (χ4n) is 2.10. The van der Waals surface area contributed by atoms with Gasteiger partial charge in [-0.15, -0.1) is 0 Å². The van der Waals surface area contributed by atoms with E-state index in [4.69, 9.17) is 0 Å². The van der Waals surface area contributed by atoms with Crippen LogP contribution in [0.15, 0.2) is 0 Å². The molecule has 1 aliphatic heterocycles. The molecule has 0 spiro atoms. The SMILES string of the molecule is CC.CC1CC2CC1CN2. The molecule has 60 valence electrons. The average molecular weight is 141 g/mol. The lowest BCUT2D eigenvalue weighted by Gasteiger charge is -2.16. The van der Waals surface area contributed by atoms with Gasteiger partial charge in [-0.25, -0.2) is 0 Å². The summed E-state index contributed by atoms with van der Waals surface area (Å²) >= 11 is 0. The minimum absolute atomic E-state index is 0.898. The molecule has 1 aliphatic carbocycles. The zero-order chi connectivity index (χ0) is 7.56. The van der Waals surface area contributed by atoms with E-state index >= 15 is 0 Å². The highest BCUT2D eigenvalue weighted by Crippen LogP contribution is 2.35. The van der Waals surface area contributed by atoms with Gasteiger partial charge in [0.05, 0.1) is 0 Å². The first-order chi connectivity index (χ1) is 4.86. The Morgan fingerprint density at radius 2 is 1.90 bits per heavy atom. The Bertz CT molecular complexity index is 98.9. The molecule has 0 radical (unpaired) electrons. The molecule has 1 N–H and O–H groups in total. The molecule has 2 bridgehead atoms. The van der Waals surface area contributed by atoms with Gasteiger partial charge in [-0.1, -0.05) is 20.8 Å². The van der Waals surface area contributed by atoms with Crippen molar-refractivity contribution in [1.29, 1.82) is 0 Å². The fourth-order valence-corrected chi connectivity index (χ4v) is 2.10. The molecule has 1 saturated carbocycles. The van der Waals surface area contributed by atoms with Crippen molar-refractivity contribution in [3.63, 3.8) is 0 Å². The average Bonchev–Trinajstić information content (AvgIpc) is 2.52. The summed E-state index contributed by atoms with van der Waals surface area (Å²) in [6.45, 7) is 7.68. The number of hydrogen-bond acceptors (Lipinski definition) is 1. The lowest BCUT2D eigenvalue weighted by molar-refractivity contribution is 0.379. The Hall–Kier alpha value is -0.0400. The van der Waals surface area contributed by atoms with Gasteiger partial charge < -0.3 is 5.32 Å². The Morgan fingerprint density at radius 3 is 2.10 bits per heavy atom. The standard InChI is InChI=1S/C7H13N.C2H6/c1-5-2-7-3-6(5)4-8-7;1-2/h5-8H,2-4H2,1H3;1-2H3. The Morgan fingerprint density at radius 1 is 1.20 bits per heavy atom. The van der Waals surface area contributed by atoms with Crippen molar-refractivity contribution >= 4 is 0 Å². The molecule has 3 unspecified atom stereocenters. The van der Waals surface area contributed by atoms with E-state index in [2.05, 4.69) is 12.2 Å². The Balaban J connectivity index is 0.000000231. The van der Waals surface area contributed by atoms with Gasteiger partial charge in [0.2, 0.25) is 0 Å². The molecule has 1 nitrogen and oxygen atoms in total. The molecule has 3 atom stereocenters. The number of fused-ring (bicyclic) bond motifs is 2. The van der Waals surface area contributed by atoms with Gasteiger partial charge in [0.25, 0.3) is 0 Å². The van der Waals surface area contributed by atoms with Gasteiger partial charge in [-0.05, 0) is 31.2 Å². The fraction of sp³-hybridized carbons (Fsp3) is 1.00. The molecule has 2 fully saturated rings. The maximum atomic E-state index is 3.49. The van der Waals surface area contributed by atoms with E-state index < -0.39 is 0 Å². The zero-order valence-electron chi connectivity index (χ0n) is 7.35. The Kier molecular flexibility index (Phi) is 2.72. The third-order valence-corrected chi connectivity index (χ3v) is 2.72. The minimum atomic E-state index is 0.898. The van der Waals surface area contributed by atoms with E-state index in [1.165, 1.54) is 19.4 Å². The van der Waals surface area contributed by atoms with Crippen LogP contribution in [0.25, 0.3) is 0 Å². The van der Waals surface area contributed by atoms with Crippen molar-refractivity contribution in [1.82, 2.24) is 5.32 Å². The van der Waals surface area contributed by atoms with Crippen LogP contribution in [-0.2, 0) is 0 Å². The van der Waals surface area contributed by atoms with Crippen LogP contribution >= 0.6 is 0 Å². The van der Waals surface area contributed by atoms with Crippen molar-refractivity contribution < 1.29 is 0 Å². The van der Waals surface area contributed by atoms with Crippen LogP contribution in [0.2, 0.25) is 0 Å². The van der Waals surface area contributed by atoms with Gasteiger partial charge >= 0.3 is 0 Å². The van der Waals surface area contributed by atoms with Gasteiger partial charge in [0.1, 0.15) is 0 Å². The summed E-state index contributed by atoms with van der Waals surface area (Å²) in [5.74, 6) is 2.04. The van der Waals surface area contributed by atoms with Gasteiger partial charge in [-0.2, -0.15) is 0 Å². The number of nitrogens with one attached hydrogen (secondary N) is 1. The predicted molar refractivity (Wildman–Crippen MR) is 45.0 cm³/mol. The van der Waals surface area contributed by atoms with Gasteiger partial charge in [0.15, 0.2) is 0 Å². The van der Waals surface area contributed by atoms with Gasteiger partial charge in [-0.3, -0.25) is 0 Å². The molecule has 0 aromatic heterocycles. The summed E-state index contributed by atoms with van der Waals surface area (Å²) < 4.78 is 0. The molecule has 10 heavy (non-hydrogen) atoms. The van der Waals surface area contributed by atoms with Crippen LogP contribution < -0.4 is 5.32 Å². The lowest BCUT2D eigenvalue weighted by atomic mass is 9.98. The molecular weight excluding hydrogens is 122 g/mol. The third kappa shape index (κ3) is 1.34. The van der Waals surface area contributed by atoms with Crippen LogP contribution in [0, 0.1) is 11.8 Å². The summed E-state index contributed by atoms with van der Waals surface area (Å²) in [5, 5.41) is 3.49. The molecule has 1 heterocycles. The van der Waals surface area contributed by atoms with Crippen LogP contribution in [0.1, 0.15) is 33.6 Å². The summed E-state index contributed by atoms with van der Waals surface area (Å²) in [6, 6.07) is 0.898. The summed E-state index contributed by atoms with van der Waals surface area (Å²) in [6.07, 6.45) is 2.89. The molecule has 2 aliphatic rings. The second kappa shape index (κ2) is 3.38. The smallest absolute Gasteiger partial charge is 0.00730 e. The highest BCUT2D eigenvalue weighted by atomic mass is 15.0. The zero-order valence-corrected chi connectivity index (χ0v) is 7.35. The molecule has 1 heteroatoms. The quantitative estimate of drug-likeness (QED) is 0.544. The van der Waals surface area contributed by atoms with Crippen LogP contribution in [0.5, 0.6) is 0 Å². The second-order valence-electron chi connectivity index (χ2n) is 3.31. The summed E-state index contributed by atoms with van der Waals surface area (Å²) in [7, 11) is 0. The van der Waals surface area contributed by atoms with Crippen molar-refractivity contribution in [2.45, 2.75) is 39.7 Å². The molecule has 1 saturated heterocycles. The van der Waals surface area contributed by atoms with Crippen molar-refractivity contribution in [3.05, 3.63) is 0 Å². The predicted octanol–water partition coefficient (Wildman–Crippen LogP) is 2.03.